The zero-order chi connectivity index (χ0) is 14.8. The Hall–Kier alpha value is -0.960. The molecule has 1 unspecified atom stereocenters. The normalized spacial score (nSPS) is 20.9. The van der Waals surface area contributed by atoms with Crippen molar-refractivity contribution in [3.63, 3.8) is 0 Å². The fraction of sp³-hybridized carbons (Fsp3) is 0.750. The maximum Gasteiger partial charge on any atom is 0.260 e. The quantitative estimate of drug-likeness (QED) is 0.790. The molecule has 0 spiro atoms. The van der Waals surface area contributed by atoms with Gasteiger partial charge in [0.25, 0.3) is 10.0 Å². The van der Waals surface area contributed by atoms with Crippen molar-refractivity contribution in [1.29, 1.82) is 0 Å². The second-order valence-corrected chi connectivity index (χ2v) is 7.14. The van der Waals surface area contributed by atoms with Gasteiger partial charge in [-0.1, -0.05) is 13.8 Å². The van der Waals surface area contributed by atoms with Gasteiger partial charge >= 0.3 is 0 Å². The molecule has 114 valence electrons. The molecule has 0 saturated carbocycles. The van der Waals surface area contributed by atoms with Gasteiger partial charge in [0.15, 0.2) is 5.03 Å². The minimum atomic E-state index is -3.52. The molecule has 8 heteroatoms. The minimum absolute atomic E-state index is 0.0232. The highest BCUT2D eigenvalue weighted by atomic mass is 32.2. The van der Waals surface area contributed by atoms with Gasteiger partial charge in [0.2, 0.25) is 0 Å². The van der Waals surface area contributed by atoms with Crippen LogP contribution < -0.4 is 5.32 Å². The van der Waals surface area contributed by atoms with Crippen LogP contribution in [0.3, 0.4) is 0 Å². The van der Waals surface area contributed by atoms with E-state index in [4.69, 9.17) is 4.74 Å². The van der Waals surface area contributed by atoms with Gasteiger partial charge in [-0.05, 0) is 6.42 Å². The van der Waals surface area contributed by atoms with Crippen molar-refractivity contribution in [2.75, 3.05) is 20.2 Å². The number of hydrogen-bond acceptors (Lipinski definition) is 5. The number of methoxy groups -OCH3 is 1. The Balaban J connectivity index is 2.16. The van der Waals surface area contributed by atoms with Gasteiger partial charge < -0.3 is 10.1 Å². The van der Waals surface area contributed by atoms with Crippen LogP contribution in [0.4, 0.5) is 0 Å². The number of nitrogens with one attached hydrogen (secondary N) is 2. The van der Waals surface area contributed by atoms with E-state index in [0.29, 0.717) is 25.2 Å². The van der Waals surface area contributed by atoms with E-state index < -0.39 is 10.0 Å². The Morgan fingerprint density at radius 3 is 2.95 bits per heavy atom. The van der Waals surface area contributed by atoms with E-state index in [1.165, 1.54) is 4.31 Å². The highest BCUT2D eigenvalue weighted by molar-refractivity contribution is 7.89. The van der Waals surface area contributed by atoms with E-state index >= 15 is 0 Å². The van der Waals surface area contributed by atoms with Gasteiger partial charge in [-0.25, -0.2) is 8.42 Å². The molecule has 1 atom stereocenters. The summed E-state index contributed by atoms with van der Waals surface area (Å²) >= 11 is 0. The van der Waals surface area contributed by atoms with Gasteiger partial charge in [0.05, 0.1) is 12.3 Å². The van der Waals surface area contributed by atoms with E-state index in [1.807, 2.05) is 13.8 Å². The van der Waals surface area contributed by atoms with Crippen LogP contribution in [0, 0.1) is 0 Å². The molecular weight excluding hydrogens is 280 g/mol. The first-order chi connectivity index (χ1) is 9.45. The molecule has 2 N–H and O–H groups in total. The van der Waals surface area contributed by atoms with Gasteiger partial charge in [0, 0.05) is 38.3 Å². The largest absolute Gasteiger partial charge is 0.380 e. The lowest BCUT2D eigenvalue weighted by molar-refractivity contribution is 0.115. The molecule has 2 rings (SSSR count). The molecule has 7 nitrogen and oxygen atoms in total. The highest BCUT2D eigenvalue weighted by Crippen LogP contribution is 2.23. The lowest BCUT2D eigenvalue weighted by Gasteiger charge is -2.16. The third-order valence-corrected chi connectivity index (χ3v) is 5.30. The summed E-state index contributed by atoms with van der Waals surface area (Å²) in [5.74, 6) is 0. The predicted octanol–water partition coefficient (Wildman–Crippen LogP) is 0.317. The van der Waals surface area contributed by atoms with E-state index in [0.717, 1.165) is 6.42 Å². The summed E-state index contributed by atoms with van der Waals surface area (Å²) in [6.07, 6.45) is 2.26. The predicted molar refractivity (Wildman–Crippen MR) is 74.7 cm³/mol. The number of ether oxygens (including phenoxy) is 1. The molecule has 1 aromatic heterocycles. The maximum absolute atomic E-state index is 12.6. The Kier molecular flexibility index (Phi) is 4.79. The number of aromatic amines is 1. The van der Waals surface area contributed by atoms with Gasteiger partial charge in [-0.3, -0.25) is 5.10 Å². The summed E-state index contributed by atoms with van der Waals surface area (Å²) < 4.78 is 31.9. The lowest BCUT2D eigenvalue weighted by atomic mass is 10.3. The molecule has 0 amide bonds. The second-order valence-electron chi connectivity index (χ2n) is 5.27. The zero-order valence-corrected chi connectivity index (χ0v) is 12.9. The molecule has 20 heavy (non-hydrogen) atoms. The number of H-pyrrole nitrogens is 1. The van der Waals surface area contributed by atoms with Crippen LogP contribution in [0.25, 0.3) is 0 Å². The molecule has 1 aromatic rings. The number of nitrogens with zero attached hydrogens (tertiary/aromatic N) is 2. The topological polar surface area (TPSA) is 87.3 Å². The molecule has 1 aliphatic rings. The molecule has 1 saturated heterocycles. The molecule has 2 heterocycles. The van der Waals surface area contributed by atoms with Crippen molar-refractivity contribution in [3.05, 3.63) is 11.8 Å². The third kappa shape index (κ3) is 3.20. The smallest absolute Gasteiger partial charge is 0.260 e. The van der Waals surface area contributed by atoms with Crippen LogP contribution in [0.2, 0.25) is 0 Å². The Morgan fingerprint density at radius 1 is 1.60 bits per heavy atom. The Morgan fingerprint density at radius 2 is 2.35 bits per heavy atom. The van der Waals surface area contributed by atoms with Crippen LogP contribution in [0.15, 0.2) is 11.2 Å². The van der Waals surface area contributed by atoms with Crippen LogP contribution in [-0.4, -0.2) is 55.3 Å². The summed E-state index contributed by atoms with van der Waals surface area (Å²) in [4.78, 5) is 0. The SMILES string of the molecule is COC1CCN(S(=O)(=O)c2[nH]ncc2CNC(C)C)C1. The molecule has 0 aliphatic carbocycles. The first-order valence-corrected chi connectivity index (χ1v) is 8.17. The monoisotopic (exact) mass is 302 g/mol. The first kappa shape index (κ1) is 15.4. The summed E-state index contributed by atoms with van der Waals surface area (Å²) in [7, 11) is -1.92. The summed E-state index contributed by atoms with van der Waals surface area (Å²) in [6, 6.07) is 0.283. The summed E-state index contributed by atoms with van der Waals surface area (Å²) in [5, 5.41) is 9.88. The summed E-state index contributed by atoms with van der Waals surface area (Å²) in [5.41, 5.74) is 0.666. The zero-order valence-electron chi connectivity index (χ0n) is 12.1. The molecule has 0 bridgehead atoms. The van der Waals surface area contributed by atoms with E-state index in [2.05, 4.69) is 15.5 Å². The van der Waals surface area contributed by atoms with Crippen molar-refractivity contribution in [3.8, 4) is 0 Å². The minimum Gasteiger partial charge on any atom is -0.380 e. The average molecular weight is 302 g/mol. The summed E-state index contributed by atoms with van der Waals surface area (Å²) in [6.45, 7) is 5.38. The van der Waals surface area contributed by atoms with Crippen LogP contribution >= 0.6 is 0 Å². The van der Waals surface area contributed by atoms with Gasteiger partial charge in [-0.15, -0.1) is 0 Å². The highest BCUT2D eigenvalue weighted by Gasteiger charge is 2.34. The fourth-order valence-corrected chi connectivity index (χ4v) is 3.79. The van der Waals surface area contributed by atoms with Crippen LogP contribution in [0.1, 0.15) is 25.8 Å². The number of aromatic nitrogens is 2. The number of rotatable bonds is 6. The first-order valence-electron chi connectivity index (χ1n) is 6.73. The van der Waals surface area contributed by atoms with Gasteiger partial charge in [-0.2, -0.15) is 9.40 Å². The maximum atomic E-state index is 12.6. The standard InChI is InChI=1S/C12H22N4O3S/c1-9(2)13-6-10-7-14-15-12(10)20(17,18)16-5-4-11(8-16)19-3/h7,9,11,13H,4-6,8H2,1-3H3,(H,14,15). The van der Waals surface area contributed by atoms with Crippen LogP contribution in [-0.2, 0) is 21.3 Å². The van der Waals surface area contributed by atoms with Crippen LogP contribution in [0.5, 0.6) is 0 Å². The van der Waals surface area contributed by atoms with Gasteiger partial charge in [0.1, 0.15) is 0 Å². The van der Waals surface area contributed by atoms with Crippen molar-refractivity contribution in [1.82, 2.24) is 19.8 Å². The fourth-order valence-electron chi connectivity index (χ4n) is 2.20. The van der Waals surface area contributed by atoms with Crippen molar-refractivity contribution >= 4 is 10.0 Å². The number of hydrogen-bond donors (Lipinski definition) is 2. The molecule has 1 aliphatic heterocycles. The molecule has 0 aromatic carbocycles. The van der Waals surface area contributed by atoms with E-state index in [1.54, 1.807) is 13.3 Å². The lowest BCUT2D eigenvalue weighted by Crippen LogP contribution is -2.31. The molecule has 1 fully saturated rings. The van der Waals surface area contributed by atoms with E-state index in [9.17, 15) is 8.42 Å². The van der Waals surface area contributed by atoms with E-state index in [-0.39, 0.29) is 17.2 Å². The Labute approximate surface area is 119 Å². The Bertz CT molecular complexity index is 541. The average Bonchev–Trinajstić information content (AvgIpc) is 3.05. The number of sulfonamides is 1. The second kappa shape index (κ2) is 6.21. The van der Waals surface area contributed by atoms with Crippen molar-refractivity contribution in [2.45, 2.75) is 44.0 Å². The molecule has 0 radical (unpaired) electrons. The molecular formula is C12H22N4O3S. The third-order valence-electron chi connectivity index (χ3n) is 3.42. The van der Waals surface area contributed by atoms with Crippen molar-refractivity contribution in [2.24, 2.45) is 0 Å². The van der Waals surface area contributed by atoms with Crippen molar-refractivity contribution < 1.29 is 13.2 Å².